The Morgan fingerprint density at radius 1 is 1.24 bits per heavy atom. The Morgan fingerprint density at radius 2 is 1.97 bits per heavy atom. The van der Waals surface area contributed by atoms with E-state index < -0.39 is 53.3 Å². The summed E-state index contributed by atoms with van der Waals surface area (Å²) in [6, 6.07) is 2.22. The van der Waals surface area contributed by atoms with Crippen molar-refractivity contribution in [3.8, 4) is 0 Å². The smallest absolute Gasteiger partial charge is 0.417 e. The van der Waals surface area contributed by atoms with Gasteiger partial charge in [-0.15, -0.1) is 0 Å². The molecule has 12 nitrogen and oxygen atoms in total. The first-order chi connectivity index (χ1) is 17.9. The van der Waals surface area contributed by atoms with Crippen LogP contribution in [0.4, 0.5) is 19.0 Å². The summed E-state index contributed by atoms with van der Waals surface area (Å²) < 4.78 is 47.4. The van der Waals surface area contributed by atoms with Gasteiger partial charge in [0, 0.05) is 19.6 Å². The fraction of sp³-hybridized carbons (Fsp3) is 0.455. The van der Waals surface area contributed by atoms with Crippen LogP contribution in [0, 0.1) is 0 Å². The molecule has 1 saturated heterocycles. The number of hydrogen-bond acceptors (Lipinski definition) is 10. The van der Waals surface area contributed by atoms with Gasteiger partial charge in [-0.3, -0.25) is 14.3 Å². The summed E-state index contributed by atoms with van der Waals surface area (Å²) in [4.78, 5) is 24.9. The Kier molecular flexibility index (Phi) is 8.06. The number of aliphatic carboxylic acids is 1. The number of rotatable bonds is 9. The number of fused-ring (bicyclic) bond motifs is 1. The second-order valence-electron chi connectivity index (χ2n) is 8.91. The fourth-order valence-electron chi connectivity index (χ4n) is 4.25. The van der Waals surface area contributed by atoms with Crippen LogP contribution in [0.2, 0.25) is 5.02 Å². The number of nitrogen functional groups attached to an aromatic ring is 1. The van der Waals surface area contributed by atoms with Crippen molar-refractivity contribution in [1.82, 2.24) is 24.4 Å². The number of nitrogens with zero attached hydrogens (tertiary/aromatic N) is 5. The maximum absolute atomic E-state index is 13.4. The lowest BCUT2D eigenvalue weighted by atomic mass is 10.1. The quantitative estimate of drug-likeness (QED) is 0.252. The summed E-state index contributed by atoms with van der Waals surface area (Å²) in [5.74, 6) is -1.13. The predicted octanol–water partition coefficient (Wildman–Crippen LogP) is 1.00. The topological polar surface area (TPSA) is 186 Å². The van der Waals surface area contributed by atoms with Gasteiger partial charge >= 0.3 is 12.1 Å². The van der Waals surface area contributed by atoms with E-state index in [1.807, 2.05) is 0 Å². The number of benzene rings is 1. The van der Waals surface area contributed by atoms with E-state index in [1.165, 1.54) is 23.3 Å². The number of alkyl halides is 3. The lowest BCUT2D eigenvalue weighted by Gasteiger charge is -2.27. The van der Waals surface area contributed by atoms with Crippen LogP contribution in [0.25, 0.3) is 11.2 Å². The number of aromatic nitrogens is 4. The van der Waals surface area contributed by atoms with Gasteiger partial charge in [0.05, 0.1) is 16.9 Å². The standard InChI is InChI=1S/C22H25ClF3N7O5/c23-12-2-1-10(5-11(12)22(24,25)26)6-32(4-3-13(27)21(36)37)7-14-16(34)17(35)20(38-14)33-9-31-15-18(28)29-8-30-19(15)33/h1-2,5,8-9,13-14,16-17,20,34-35H,3-4,6-7,27H2,(H,36,37)(H2,28,29,30)/t13-,14+,16+,17+,20+/m0/s1. The number of hydrogen-bond donors (Lipinski definition) is 5. The van der Waals surface area contributed by atoms with E-state index in [-0.39, 0.29) is 48.6 Å². The summed E-state index contributed by atoms with van der Waals surface area (Å²) in [6.07, 6.45) is -7.10. The van der Waals surface area contributed by atoms with Gasteiger partial charge in [-0.1, -0.05) is 17.7 Å². The van der Waals surface area contributed by atoms with Crippen molar-refractivity contribution < 1.29 is 38.0 Å². The zero-order chi connectivity index (χ0) is 27.8. The fourth-order valence-corrected chi connectivity index (χ4v) is 4.47. The lowest BCUT2D eigenvalue weighted by Crippen LogP contribution is -2.42. The summed E-state index contributed by atoms with van der Waals surface area (Å²) in [5, 5.41) is 30.1. The largest absolute Gasteiger partial charge is 0.480 e. The Labute approximate surface area is 218 Å². The van der Waals surface area contributed by atoms with Gasteiger partial charge in [0.2, 0.25) is 0 Å². The molecule has 1 fully saturated rings. The van der Waals surface area contributed by atoms with Gasteiger partial charge in [-0.25, -0.2) is 15.0 Å². The van der Waals surface area contributed by atoms with Crippen LogP contribution >= 0.6 is 11.6 Å². The molecule has 4 rings (SSSR count). The molecule has 3 aromatic rings. The number of anilines is 1. The molecule has 0 bridgehead atoms. The van der Waals surface area contributed by atoms with Crippen molar-refractivity contribution in [3.05, 3.63) is 47.0 Å². The molecule has 0 aliphatic carbocycles. The number of nitrogens with two attached hydrogens (primary N) is 2. The van der Waals surface area contributed by atoms with Crippen LogP contribution in [0.5, 0.6) is 0 Å². The highest BCUT2D eigenvalue weighted by Crippen LogP contribution is 2.36. The number of carbonyl (C=O) groups is 1. The third-order valence-electron chi connectivity index (χ3n) is 6.25. The normalized spacial score (nSPS) is 22.8. The number of halogens is 4. The molecule has 5 atom stereocenters. The molecule has 0 saturated carbocycles. The molecule has 1 aliphatic heterocycles. The molecule has 3 heterocycles. The lowest BCUT2D eigenvalue weighted by molar-refractivity contribution is -0.139. The molecule has 0 spiro atoms. The SMILES string of the molecule is Nc1ncnc2c1ncn2[C@@H]1O[C@H](CN(CC[C@H](N)C(=O)O)Cc2ccc(Cl)c(C(F)(F)F)c2)[C@@H](O)[C@H]1O. The highest BCUT2D eigenvalue weighted by Gasteiger charge is 2.45. The number of carboxylic acid groups (broad SMARTS) is 1. The first-order valence-electron chi connectivity index (χ1n) is 11.4. The minimum absolute atomic E-state index is 0.0355. The van der Waals surface area contributed by atoms with Crippen LogP contribution in [-0.4, -0.2) is 83.2 Å². The molecule has 0 amide bonds. The van der Waals surface area contributed by atoms with Crippen molar-refractivity contribution in [3.63, 3.8) is 0 Å². The van der Waals surface area contributed by atoms with Crippen molar-refractivity contribution in [2.45, 2.75) is 49.7 Å². The Balaban J connectivity index is 1.56. The Bertz CT molecular complexity index is 1310. The number of aliphatic hydroxyl groups excluding tert-OH is 2. The highest BCUT2D eigenvalue weighted by atomic mass is 35.5. The predicted molar refractivity (Wildman–Crippen MR) is 128 cm³/mol. The molecule has 16 heteroatoms. The molecule has 1 aliphatic rings. The number of ether oxygens (including phenoxy) is 1. The summed E-state index contributed by atoms with van der Waals surface area (Å²) in [7, 11) is 0. The minimum Gasteiger partial charge on any atom is -0.480 e. The second-order valence-corrected chi connectivity index (χ2v) is 9.32. The number of aliphatic hydroxyl groups is 2. The maximum Gasteiger partial charge on any atom is 0.417 e. The van der Waals surface area contributed by atoms with Crippen molar-refractivity contribution in [1.29, 1.82) is 0 Å². The summed E-state index contributed by atoms with van der Waals surface area (Å²) in [6.45, 7) is -0.102. The number of carboxylic acids is 1. The van der Waals surface area contributed by atoms with Gasteiger partial charge in [-0.05, 0) is 24.1 Å². The molecule has 206 valence electrons. The molecule has 0 radical (unpaired) electrons. The van der Waals surface area contributed by atoms with Crippen molar-refractivity contribution >= 4 is 34.6 Å². The molecule has 38 heavy (non-hydrogen) atoms. The molecule has 0 unspecified atom stereocenters. The van der Waals surface area contributed by atoms with Crippen LogP contribution in [0.15, 0.2) is 30.9 Å². The van der Waals surface area contributed by atoms with E-state index in [9.17, 15) is 28.2 Å². The van der Waals surface area contributed by atoms with Gasteiger partial charge < -0.3 is 31.5 Å². The summed E-state index contributed by atoms with van der Waals surface area (Å²) in [5.41, 5.74) is 11.2. The van der Waals surface area contributed by atoms with E-state index in [2.05, 4.69) is 15.0 Å². The molecular weight excluding hydrogens is 535 g/mol. The van der Waals surface area contributed by atoms with Crippen LogP contribution in [-0.2, 0) is 22.3 Å². The van der Waals surface area contributed by atoms with Gasteiger partial charge in [0.25, 0.3) is 0 Å². The van der Waals surface area contributed by atoms with E-state index in [0.29, 0.717) is 0 Å². The third-order valence-corrected chi connectivity index (χ3v) is 6.58. The average Bonchev–Trinajstić information content (AvgIpc) is 3.40. The Morgan fingerprint density at radius 3 is 2.66 bits per heavy atom. The molecule has 1 aromatic carbocycles. The van der Waals surface area contributed by atoms with E-state index in [4.69, 9.17) is 32.9 Å². The first-order valence-corrected chi connectivity index (χ1v) is 11.8. The van der Waals surface area contributed by atoms with Crippen LogP contribution < -0.4 is 11.5 Å². The van der Waals surface area contributed by atoms with Crippen molar-refractivity contribution in [2.24, 2.45) is 5.73 Å². The Hall–Kier alpha value is -3.08. The third kappa shape index (κ3) is 5.82. The minimum atomic E-state index is -4.67. The molecule has 7 N–H and O–H groups in total. The first kappa shape index (κ1) is 27.9. The van der Waals surface area contributed by atoms with Gasteiger partial charge in [0.15, 0.2) is 17.7 Å². The highest BCUT2D eigenvalue weighted by molar-refractivity contribution is 6.31. The van der Waals surface area contributed by atoms with E-state index in [1.54, 1.807) is 4.90 Å². The van der Waals surface area contributed by atoms with Gasteiger partial charge in [0.1, 0.15) is 36.2 Å². The zero-order valence-corrected chi connectivity index (χ0v) is 20.4. The second kappa shape index (κ2) is 11.0. The summed E-state index contributed by atoms with van der Waals surface area (Å²) >= 11 is 5.72. The van der Waals surface area contributed by atoms with Gasteiger partial charge in [-0.2, -0.15) is 13.2 Å². The molecule has 2 aromatic heterocycles. The number of imidazole rings is 1. The van der Waals surface area contributed by atoms with Crippen LogP contribution in [0.3, 0.4) is 0 Å². The maximum atomic E-state index is 13.4. The monoisotopic (exact) mass is 559 g/mol. The average molecular weight is 560 g/mol. The van der Waals surface area contributed by atoms with Crippen molar-refractivity contribution in [2.75, 3.05) is 18.8 Å². The zero-order valence-electron chi connectivity index (χ0n) is 19.7. The van der Waals surface area contributed by atoms with E-state index in [0.717, 1.165) is 12.1 Å². The molecular formula is C22H25ClF3N7O5. The van der Waals surface area contributed by atoms with E-state index >= 15 is 0 Å². The van der Waals surface area contributed by atoms with Crippen LogP contribution in [0.1, 0.15) is 23.8 Å².